The number of nitrogens with zero attached hydrogens (tertiary/aromatic N) is 2. The van der Waals surface area contributed by atoms with Crippen molar-refractivity contribution < 1.29 is 9.59 Å². The summed E-state index contributed by atoms with van der Waals surface area (Å²) in [6, 6.07) is 23.2. The van der Waals surface area contributed by atoms with Gasteiger partial charge in [0.2, 0.25) is 11.8 Å². The average molecular weight is 554 g/mol. The fourth-order valence-corrected chi connectivity index (χ4v) is 5.48. The Hall–Kier alpha value is -3.94. The van der Waals surface area contributed by atoms with Gasteiger partial charge in [-0.2, -0.15) is 0 Å². The van der Waals surface area contributed by atoms with Crippen LogP contribution in [0.15, 0.2) is 78.9 Å². The van der Waals surface area contributed by atoms with E-state index in [-0.39, 0.29) is 11.8 Å². The van der Waals surface area contributed by atoms with Gasteiger partial charge in [0.05, 0.1) is 11.4 Å². The van der Waals surface area contributed by atoms with Gasteiger partial charge in [-0.3, -0.25) is 19.4 Å². The van der Waals surface area contributed by atoms with E-state index < -0.39 is 6.04 Å². The third-order valence-electron chi connectivity index (χ3n) is 7.88. The van der Waals surface area contributed by atoms with Gasteiger partial charge in [-0.15, -0.1) is 0 Å². The van der Waals surface area contributed by atoms with E-state index in [1.54, 1.807) is 18.2 Å². The Bertz CT molecular complexity index is 1330. The van der Waals surface area contributed by atoms with Crippen molar-refractivity contribution in [2.75, 3.05) is 42.5 Å². The molecule has 0 bridgehead atoms. The molecule has 7 heteroatoms. The summed E-state index contributed by atoms with van der Waals surface area (Å²) in [5, 5.41) is 5.97. The molecule has 1 heterocycles. The molecule has 2 atom stereocenters. The lowest BCUT2D eigenvalue weighted by Crippen LogP contribution is -2.40. The monoisotopic (exact) mass is 553 g/mol. The number of nitrogen functional groups attached to an aromatic ring is 1. The number of hydrogen-bond donors (Lipinski definition) is 3. The highest BCUT2D eigenvalue weighted by Gasteiger charge is 2.35. The second-order valence-corrected chi connectivity index (χ2v) is 10.9. The lowest BCUT2D eigenvalue weighted by Gasteiger charge is -2.30. The summed E-state index contributed by atoms with van der Waals surface area (Å²) in [6.45, 7) is 12.4. The fourth-order valence-electron chi connectivity index (χ4n) is 5.48. The maximum absolute atomic E-state index is 13.8. The zero-order valence-electron chi connectivity index (χ0n) is 24.6. The molecule has 2 amide bonds. The molecule has 0 aliphatic carbocycles. The van der Waals surface area contributed by atoms with Gasteiger partial charge in [0.25, 0.3) is 0 Å². The molecule has 3 aromatic carbocycles. The molecule has 4 rings (SSSR count). The van der Waals surface area contributed by atoms with Gasteiger partial charge in [0.1, 0.15) is 6.04 Å². The molecule has 1 aliphatic rings. The molecule has 0 saturated carbocycles. The maximum atomic E-state index is 13.8. The first-order valence-corrected chi connectivity index (χ1v) is 14.6. The van der Waals surface area contributed by atoms with Crippen LogP contribution >= 0.6 is 0 Å². The van der Waals surface area contributed by atoms with E-state index in [4.69, 9.17) is 5.73 Å². The summed E-state index contributed by atoms with van der Waals surface area (Å²) in [4.78, 5) is 31.0. The summed E-state index contributed by atoms with van der Waals surface area (Å²) in [6.07, 6.45) is 4.29. The van der Waals surface area contributed by atoms with Crippen molar-refractivity contribution in [2.45, 2.75) is 52.1 Å². The molecule has 2 unspecified atom stereocenters. The Morgan fingerprint density at radius 2 is 1.61 bits per heavy atom. The van der Waals surface area contributed by atoms with Crippen molar-refractivity contribution in [3.05, 3.63) is 95.6 Å². The van der Waals surface area contributed by atoms with E-state index in [1.807, 2.05) is 48.5 Å². The van der Waals surface area contributed by atoms with Crippen LogP contribution in [0.3, 0.4) is 0 Å². The molecular weight excluding hydrogens is 510 g/mol. The molecular formula is C34H43N5O2. The smallest absolute Gasteiger partial charge is 0.248 e. The number of nitrogens with two attached hydrogens (primary N) is 1. The number of hydrogen-bond acceptors (Lipinski definition) is 5. The second kappa shape index (κ2) is 14.1. The molecule has 0 radical (unpaired) electrons. The number of nitrogens with one attached hydrogen (secondary N) is 2. The van der Waals surface area contributed by atoms with Crippen LogP contribution in [-0.2, 0) is 9.59 Å². The first-order valence-electron chi connectivity index (χ1n) is 14.6. The van der Waals surface area contributed by atoms with Gasteiger partial charge in [-0.05, 0) is 72.5 Å². The van der Waals surface area contributed by atoms with E-state index >= 15 is 0 Å². The molecule has 0 aromatic heterocycles. The predicted octanol–water partition coefficient (Wildman–Crippen LogP) is 6.14. The van der Waals surface area contributed by atoms with Crippen LogP contribution in [0, 0.1) is 0 Å². The molecule has 3 aromatic rings. The number of rotatable bonds is 11. The normalized spacial score (nSPS) is 16.4. The minimum Gasteiger partial charge on any atom is -0.397 e. The maximum Gasteiger partial charge on any atom is 0.248 e. The van der Waals surface area contributed by atoms with Crippen LogP contribution in [0.1, 0.15) is 62.8 Å². The second-order valence-electron chi connectivity index (χ2n) is 10.9. The molecule has 0 spiro atoms. The summed E-state index contributed by atoms with van der Waals surface area (Å²) < 4.78 is 0. The van der Waals surface area contributed by atoms with Crippen LogP contribution in [0.25, 0.3) is 6.08 Å². The number of benzene rings is 3. The number of likely N-dealkylation sites (N-methyl/N-ethyl adjacent to an activating group) is 1. The highest BCUT2D eigenvalue weighted by atomic mass is 16.2. The van der Waals surface area contributed by atoms with E-state index in [2.05, 4.69) is 60.3 Å². The predicted molar refractivity (Wildman–Crippen MR) is 170 cm³/mol. The number of para-hydroxylation sites is 2. The first-order chi connectivity index (χ1) is 19.8. The molecule has 41 heavy (non-hydrogen) atoms. The zero-order chi connectivity index (χ0) is 29.4. The van der Waals surface area contributed by atoms with Crippen molar-refractivity contribution in [3.63, 3.8) is 0 Å². The Morgan fingerprint density at radius 3 is 2.24 bits per heavy atom. The highest BCUT2D eigenvalue weighted by Crippen LogP contribution is 2.29. The molecule has 4 N–H and O–H groups in total. The van der Waals surface area contributed by atoms with Crippen LogP contribution in [0.2, 0.25) is 0 Å². The fraction of sp³-hybridized carbons (Fsp3) is 0.353. The van der Waals surface area contributed by atoms with Gasteiger partial charge in [0.15, 0.2) is 0 Å². The molecule has 216 valence electrons. The Kier molecular flexibility index (Phi) is 10.3. The molecule has 1 aliphatic heterocycles. The summed E-state index contributed by atoms with van der Waals surface area (Å²) in [5.41, 5.74) is 10.9. The Morgan fingerprint density at radius 1 is 0.951 bits per heavy atom. The lowest BCUT2D eigenvalue weighted by atomic mass is 10.0. The van der Waals surface area contributed by atoms with Gasteiger partial charge < -0.3 is 16.4 Å². The SMILES string of the molecule is CCN(CC)C1CCN(C(C(=O)Nc2ccc(C(C)C)cc2)c2ccc(/C=C/C(=O)Nc3ccccc3N)cc2)C1. The number of likely N-dealkylation sites (tertiary alicyclic amines) is 1. The van der Waals surface area contributed by atoms with Gasteiger partial charge in [-0.1, -0.05) is 76.2 Å². The molecule has 1 saturated heterocycles. The minimum absolute atomic E-state index is 0.0365. The number of amides is 2. The van der Waals surface area contributed by atoms with E-state index in [0.29, 0.717) is 23.3 Å². The largest absolute Gasteiger partial charge is 0.397 e. The standard InChI is InChI=1S/C34H43N5O2/c1-5-38(6-2)29-21-22-39(23-29)33(34(41)36-28-18-16-26(17-19-28)24(3)4)27-14-11-25(12-15-27)13-20-32(40)37-31-10-8-7-9-30(31)35/h7-20,24,29,33H,5-6,21-23,35H2,1-4H3,(H,36,41)(H,37,40)/b20-13+. The van der Waals surface area contributed by atoms with Crippen LogP contribution in [0.4, 0.5) is 17.1 Å². The van der Waals surface area contributed by atoms with Crippen LogP contribution < -0.4 is 16.4 Å². The van der Waals surface area contributed by atoms with Gasteiger partial charge in [0, 0.05) is 30.9 Å². The summed E-state index contributed by atoms with van der Waals surface area (Å²) in [5.74, 6) is 0.141. The number of carbonyl (C=O) groups is 2. The summed E-state index contributed by atoms with van der Waals surface area (Å²) in [7, 11) is 0. The Labute approximate surface area is 244 Å². The van der Waals surface area contributed by atoms with Crippen molar-refractivity contribution in [1.29, 1.82) is 0 Å². The van der Waals surface area contributed by atoms with Crippen molar-refractivity contribution in [2.24, 2.45) is 0 Å². The number of anilines is 3. The van der Waals surface area contributed by atoms with E-state index in [0.717, 1.165) is 49.4 Å². The lowest BCUT2D eigenvalue weighted by molar-refractivity contribution is -0.121. The minimum atomic E-state index is -0.414. The summed E-state index contributed by atoms with van der Waals surface area (Å²) >= 11 is 0. The quantitative estimate of drug-likeness (QED) is 0.196. The molecule has 1 fully saturated rings. The first kappa shape index (κ1) is 30.0. The van der Waals surface area contributed by atoms with E-state index in [1.165, 1.54) is 11.6 Å². The van der Waals surface area contributed by atoms with Gasteiger partial charge in [-0.25, -0.2) is 0 Å². The Balaban J connectivity index is 1.51. The van der Waals surface area contributed by atoms with Gasteiger partial charge >= 0.3 is 0 Å². The molecule has 7 nitrogen and oxygen atoms in total. The van der Waals surface area contributed by atoms with Crippen molar-refractivity contribution >= 4 is 35.0 Å². The average Bonchev–Trinajstić information content (AvgIpc) is 3.44. The number of carbonyl (C=O) groups excluding carboxylic acids is 2. The topological polar surface area (TPSA) is 90.7 Å². The van der Waals surface area contributed by atoms with Crippen LogP contribution in [-0.4, -0.2) is 53.8 Å². The van der Waals surface area contributed by atoms with Crippen molar-refractivity contribution in [3.8, 4) is 0 Å². The zero-order valence-corrected chi connectivity index (χ0v) is 24.6. The van der Waals surface area contributed by atoms with E-state index in [9.17, 15) is 9.59 Å². The van der Waals surface area contributed by atoms with Crippen LogP contribution in [0.5, 0.6) is 0 Å². The third-order valence-corrected chi connectivity index (χ3v) is 7.88. The van der Waals surface area contributed by atoms with Crippen molar-refractivity contribution in [1.82, 2.24) is 9.80 Å². The third kappa shape index (κ3) is 7.84. The highest BCUT2D eigenvalue weighted by molar-refractivity contribution is 6.03.